The second-order valence-electron chi connectivity index (χ2n) is 3.85. The first kappa shape index (κ1) is 13.8. The third kappa shape index (κ3) is 3.20. The van der Waals surface area contributed by atoms with E-state index in [0.29, 0.717) is 13.1 Å². The lowest BCUT2D eigenvalue weighted by atomic mass is 9.91. The Labute approximate surface area is 86.7 Å². The molecular weight excluding hydrogens is 180 g/mol. The van der Waals surface area contributed by atoms with Gasteiger partial charge in [-0.25, -0.2) is 0 Å². The van der Waals surface area contributed by atoms with Gasteiger partial charge in [-0.15, -0.1) is 0 Å². The van der Waals surface area contributed by atoms with Gasteiger partial charge in [-0.3, -0.25) is 4.90 Å². The lowest BCUT2D eigenvalue weighted by Gasteiger charge is -2.40. The highest BCUT2D eigenvalue weighted by Gasteiger charge is 2.30. The first-order valence-corrected chi connectivity index (χ1v) is 5.26. The topological polar surface area (TPSA) is 69.7 Å². The maximum Gasteiger partial charge on any atom is 0.0897 e. The summed E-state index contributed by atoms with van der Waals surface area (Å²) in [5.41, 5.74) is 5.72. The molecule has 0 aliphatic rings. The Morgan fingerprint density at radius 1 is 1.36 bits per heavy atom. The van der Waals surface area contributed by atoms with E-state index in [0.717, 1.165) is 12.8 Å². The quantitative estimate of drug-likeness (QED) is 0.536. The summed E-state index contributed by atoms with van der Waals surface area (Å²) in [5, 5.41) is 18.1. The molecule has 0 aliphatic heterocycles. The molecular formula is C10H24N2O2. The van der Waals surface area contributed by atoms with Crippen molar-refractivity contribution >= 4 is 0 Å². The van der Waals surface area contributed by atoms with Crippen LogP contribution in [0.25, 0.3) is 0 Å². The third-order valence-corrected chi connectivity index (χ3v) is 3.20. The van der Waals surface area contributed by atoms with Crippen molar-refractivity contribution in [1.29, 1.82) is 0 Å². The summed E-state index contributed by atoms with van der Waals surface area (Å²) in [7, 11) is 1.94. The normalized spacial score (nSPS) is 14.8. The van der Waals surface area contributed by atoms with Crippen LogP contribution in [0.15, 0.2) is 0 Å². The van der Waals surface area contributed by atoms with Gasteiger partial charge in [0.25, 0.3) is 0 Å². The molecule has 14 heavy (non-hydrogen) atoms. The van der Waals surface area contributed by atoms with Gasteiger partial charge in [-0.2, -0.15) is 0 Å². The molecule has 1 atom stereocenters. The number of likely N-dealkylation sites (N-methyl/N-ethyl adjacent to an activating group) is 1. The summed E-state index contributed by atoms with van der Waals surface area (Å²) in [5.74, 6) is 0. The van der Waals surface area contributed by atoms with E-state index >= 15 is 0 Å². The molecule has 0 spiro atoms. The minimum atomic E-state index is -0.677. The molecule has 0 saturated heterocycles. The number of rotatable bonds is 7. The van der Waals surface area contributed by atoms with E-state index in [1.165, 1.54) is 0 Å². The third-order valence-electron chi connectivity index (χ3n) is 3.20. The van der Waals surface area contributed by atoms with Crippen LogP contribution in [0.3, 0.4) is 0 Å². The van der Waals surface area contributed by atoms with Crippen molar-refractivity contribution in [3.63, 3.8) is 0 Å². The van der Waals surface area contributed by atoms with E-state index in [-0.39, 0.29) is 12.1 Å². The van der Waals surface area contributed by atoms with Crippen LogP contribution in [0.4, 0.5) is 0 Å². The fourth-order valence-corrected chi connectivity index (χ4v) is 1.80. The maximum absolute atomic E-state index is 9.35. The van der Waals surface area contributed by atoms with Crippen LogP contribution >= 0.6 is 0 Å². The Morgan fingerprint density at radius 3 is 2.14 bits per heavy atom. The Bertz CT molecular complexity index is 141. The monoisotopic (exact) mass is 204 g/mol. The van der Waals surface area contributed by atoms with E-state index in [1.54, 1.807) is 0 Å². The molecule has 0 bridgehead atoms. The summed E-state index contributed by atoms with van der Waals surface area (Å²) >= 11 is 0. The molecule has 4 N–H and O–H groups in total. The van der Waals surface area contributed by atoms with Crippen molar-refractivity contribution in [3.05, 3.63) is 0 Å². The molecule has 0 saturated carbocycles. The molecule has 0 aromatic carbocycles. The molecule has 0 heterocycles. The lowest BCUT2D eigenvalue weighted by molar-refractivity contribution is 0.0234. The van der Waals surface area contributed by atoms with Gasteiger partial charge in [0.05, 0.1) is 12.7 Å². The number of β-amino-alcohol motifs (C(OH)–C–C–N with tert-alkyl or cyclic N) is 1. The van der Waals surface area contributed by atoms with Crippen LogP contribution in [0.5, 0.6) is 0 Å². The molecule has 0 aromatic heterocycles. The van der Waals surface area contributed by atoms with E-state index in [1.807, 2.05) is 11.9 Å². The second-order valence-corrected chi connectivity index (χ2v) is 3.85. The first-order chi connectivity index (χ1) is 6.56. The number of hydrogen-bond donors (Lipinski definition) is 3. The molecule has 4 nitrogen and oxygen atoms in total. The van der Waals surface area contributed by atoms with Crippen LogP contribution < -0.4 is 5.73 Å². The smallest absolute Gasteiger partial charge is 0.0897 e. The summed E-state index contributed by atoms with van der Waals surface area (Å²) in [6.45, 7) is 5.04. The van der Waals surface area contributed by atoms with Crippen molar-refractivity contribution in [2.24, 2.45) is 5.73 Å². The lowest BCUT2D eigenvalue weighted by Crippen LogP contribution is -2.53. The van der Waals surface area contributed by atoms with E-state index in [9.17, 15) is 5.11 Å². The minimum absolute atomic E-state index is 0.0455. The summed E-state index contributed by atoms with van der Waals surface area (Å²) in [6, 6.07) is 0. The molecule has 0 fully saturated rings. The van der Waals surface area contributed by atoms with Gasteiger partial charge in [-0.1, -0.05) is 13.8 Å². The Hall–Kier alpha value is -0.160. The Balaban J connectivity index is 4.35. The minimum Gasteiger partial charge on any atom is -0.394 e. The molecule has 0 amide bonds. The highest BCUT2D eigenvalue weighted by molar-refractivity contribution is 4.88. The van der Waals surface area contributed by atoms with Crippen LogP contribution in [0.2, 0.25) is 0 Å². The van der Waals surface area contributed by atoms with Crippen molar-refractivity contribution < 1.29 is 10.2 Å². The fraction of sp³-hybridized carbons (Fsp3) is 1.00. The van der Waals surface area contributed by atoms with Gasteiger partial charge < -0.3 is 15.9 Å². The summed E-state index contributed by atoms with van der Waals surface area (Å²) in [6.07, 6.45) is 1.23. The largest absolute Gasteiger partial charge is 0.394 e. The van der Waals surface area contributed by atoms with Crippen LogP contribution in [-0.2, 0) is 0 Å². The van der Waals surface area contributed by atoms with E-state index < -0.39 is 6.10 Å². The molecule has 0 aromatic rings. The van der Waals surface area contributed by atoms with Crippen LogP contribution in [0.1, 0.15) is 26.7 Å². The van der Waals surface area contributed by atoms with Gasteiger partial charge in [0, 0.05) is 18.6 Å². The van der Waals surface area contributed by atoms with Gasteiger partial charge in [0.1, 0.15) is 0 Å². The molecule has 1 unspecified atom stereocenters. The highest BCUT2D eigenvalue weighted by Crippen LogP contribution is 2.21. The predicted octanol–water partition coefficient (Wildman–Crippen LogP) is -0.211. The number of nitrogens with two attached hydrogens (primary N) is 1. The average Bonchev–Trinajstić information content (AvgIpc) is 2.21. The van der Waals surface area contributed by atoms with Crippen molar-refractivity contribution in [3.8, 4) is 0 Å². The second kappa shape index (κ2) is 6.35. The molecule has 0 radical (unpaired) electrons. The van der Waals surface area contributed by atoms with Crippen LogP contribution in [0, 0.1) is 0 Å². The zero-order valence-corrected chi connectivity index (χ0v) is 9.53. The molecule has 0 rings (SSSR count). The van der Waals surface area contributed by atoms with Gasteiger partial charge in [0.15, 0.2) is 0 Å². The van der Waals surface area contributed by atoms with E-state index in [2.05, 4.69) is 13.8 Å². The number of aliphatic hydroxyl groups is 2. The zero-order chi connectivity index (χ0) is 11.2. The van der Waals surface area contributed by atoms with Crippen molar-refractivity contribution in [2.45, 2.75) is 38.3 Å². The maximum atomic E-state index is 9.35. The molecule has 0 aliphatic carbocycles. The zero-order valence-electron chi connectivity index (χ0n) is 9.53. The fourth-order valence-electron chi connectivity index (χ4n) is 1.80. The van der Waals surface area contributed by atoms with Crippen LogP contribution in [-0.4, -0.2) is 53.5 Å². The van der Waals surface area contributed by atoms with Crippen molar-refractivity contribution in [2.75, 3.05) is 26.7 Å². The summed E-state index contributed by atoms with van der Waals surface area (Å²) in [4.78, 5) is 2.05. The van der Waals surface area contributed by atoms with Crippen molar-refractivity contribution in [1.82, 2.24) is 4.90 Å². The SMILES string of the molecule is CCC(CC)(CN)N(C)CC(O)CO. The van der Waals surface area contributed by atoms with E-state index in [4.69, 9.17) is 10.8 Å². The average molecular weight is 204 g/mol. The first-order valence-electron chi connectivity index (χ1n) is 5.26. The Morgan fingerprint density at radius 2 is 1.86 bits per heavy atom. The Kier molecular flexibility index (Phi) is 6.27. The standard InChI is InChI=1S/C10H24N2O2/c1-4-10(5-2,8-11)12(3)6-9(14)7-13/h9,13-14H,4-8,11H2,1-3H3. The molecule has 4 heteroatoms. The summed E-state index contributed by atoms with van der Waals surface area (Å²) < 4.78 is 0. The number of hydrogen-bond acceptors (Lipinski definition) is 4. The number of nitrogens with zero attached hydrogens (tertiary/aromatic N) is 1. The number of aliphatic hydroxyl groups excluding tert-OH is 2. The predicted molar refractivity (Wildman–Crippen MR) is 58.1 cm³/mol. The van der Waals surface area contributed by atoms with Gasteiger partial charge in [0.2, 0.25) is 0 Å². The molecule has 86 valence electrons. The van der Waals surface area contributed by atoms with Gasteiger partial charge >= 0.3 is 0 Å². The van der Waals surface area contributed by atoms with Gasteiger partial charge in [-0.05, 0) is 19.9 Å². The highest BCUT2D eigenvalue weighted by atomic mass is 16.3.